The monoisotopic (exact) mass is 404 g/mol. The third-order valence-electron chi connectivity index (χ3n) is 3.92. The van der Waals surface area contributed by atoms with Crippen LogP contribution in [0.15, 0.2) is 78.9 Å². The van der Waals surface area contributed by atoms with Gasteiger partial charge in [-0.3, -0.25) is 9.59 Å². The molecule has 150 valence electrons. The normalized spacial score (nSPS) is 10.0. The fraction of sp³-hybridized carbons (Fsp3) is 0.0435. The summed E-state index contributed by atoms with van der Waals surface area (Å²) in [6.45, 7) is -0.362. The molecule has 0 bridgehead atoms. The van der Waals surface area contributed by atoms with Crippen molar-refractivity contribution in [1.82, 2.24) is 0 Å². The molecule has 0 aromatic heterocycles. The molecule has 7 heteroatoms. The topological polar surface area (TPSA) is 96.0 Å². The molecule has 0 unspecified atom stereocenters. The van der Waals surface area contributed by atoms with Crippen molar-refractivity contribution < 1.29 is 33.4 Å². The number of Topliss-reactive ketones (excluding diaryl/α,β-unsaturated/α-hetero) is 1. The van der Waals surface area contributed by atoms with Gasteiger partial charge in [-0.15, -0.1) is 0 Å². The number of esters is 2. The van der Waals surface area contributed by atoms with Crippen LogP contribution < -0.4 is 9.47 Å². The molecule has 0 aliphatic carbocycles. The van der Waals surface area contributed by atoms with Crippen molar-refractivity contribution in [2.45, 2.75) is 0 Å². The predicted octanol–water partition coefficient (Wildman–Crippen LogP) is 3.48. The average molecular weight is 404 g/mol. The van der Waals surface area contributed by atoms with E-state index in [9.17, 15) is 19.2 Å². The van der Waals surface area contributed by atoms with E-state index in [1.54, 1.807) is 60.7 Å². The third-order valence-corrected chi connectivity index (χ3v) is 3.92. The van der Waals surface area contributed by atoms with Gasteiger partial charge in [0, 0.05) is 11.6 Å². The standard InChI is InChI=1S/C23H16O7/c24-15-28-14-21(25)18-11-19(29-22(26)16-7-3-1-4-8-16)13-20(12-18)30-23(27)17-9-5-2-6-10-17/h1-13,15H,14H2. The summed E-state index contributed by atoms with van der Waals surface area (Å²) in [4.78, 5) is 47.3. The summed E-state index contributed by atoms with van der Waals surface area (Å²) in [5, 5.41) is 0. The van der Waals surface area contributed by atoms with Crippen LogP contribution in [0.4, 0.5) is 0 Å². The Morgan fingerprint density at radius 1 is 0.667 bits per heavy atom. The molecule has 0 fully saturated rings. The Balaban J connectivity index is 1.88. The first-order valence-electron chi connectivity index (χ1n) is 8.85. The zero-order valence-corrected chi connectivity index (χ0v) is 15.6. The lowest BCUT2D eigenvalue weighted by Crippen LogP contribution is -2.13. The van der Waals surface area contributed by atoms with Crippen LogP contribution in [0.25, 0.3) is 0 Å². The maximum atomic E-state index is 12.3. The average Bonchev–Trinajstić information content (AvgIpc) is 2.78. The van der Waals surface area contributed by atoms with E-state index in [4.69, 9.17) is 9.47 Å². The fourth-order valence-corrected chi connectivity index (χ4v) is 2.52. The number of carbonyl (C=O) groups is 4. The Kier molecular flexibility index (Phi) is 6.68. The minimum atomic E-state index is -0.648. The van der Waals surface area contributed by atoms with E-state index < -0.39 is 24.3 Å². The van der Waals surface area contributed by atoms with Gasteiger partial charge < -0.3 is 14.2 Å². The number of rotatable bonds is 8. The second kappa shape index (κ2) is 9.79. The first-order chi connectivity index (χ1) is 14.6. The highest BCUT2D eigenvalue weighted by atomic mass is 16.5. The van der Waals surface area contributed by atoms with E-state index >= 15 is 0 Å². The Morgan fingerprint density at radius 3 is 1.57 bits per heavy atom. The predicted molar refractivity (Wildman–Crippen MR) is 106 cm³/mol. The summed E-state index contributed by atoms with van der Waals surface area (Å²) >= 11 is 0. The Morgan fingerprint density at radius 2 is 1.13 bits per heavy atom. The zero-order chi connectivity index (χ0) is 21.3. The Labute approximate surface area is 171 Å². The van der Waals surface area contributed by atoms with Gasteiger partial charge in [0.1, 0.15) is 11.5 Å². The van der Waals surface area contributed by atoms with E-state index in [-0.39, 0.29) is 23.5 Å². The van der Waals surface area contributed by atoms with E-state index in [2.05, 4.69) is 4.74 Å². The van der Waals surface area contributed by atoms with Gasteiger partial charge in [-0.1, -0.05) is 36.4 Å². The van der Waals surface area contributed by atoms with E-state index in [0.717, 1.165) is 0 Å². The van der Waals surface area contributed by atoms with Crippen LogP contribution in [0.3, 0.4) is 0 Å². The van der Waals surface area contributed by atoms with Gasteiger partial charge in [-0.05, 0) is 36.4 Å². The number of hydrogen-bond acceptors (Lipinski definition) is 7. The van der Waals surface area contributed by atoms with Gasteiger partial charge in [0.15, 0.2) is 6.61 Å². The summed E-state index contributed by atoms with van der Waals surface area (Å²) in [6.07, 6.45) is 0. The highest BCUT2D eigenvalue weighted by Gasteiger charge is 2.16. The van der Waals surface area contributed by atoms with Crippen LogP contribution in [0.5, 0.6) is 11.5 Å². The molecule has 0 N–H and O–H groups in total. The van der Waals surface area contributed by atoms with Crippen molar-refractivity contribution in [2.75, 3.05) is 6.61 Å². The van der Waals surface area contributed by atoms with E-state index in [1.165, 1.54) is 18.2 Å². The molecule has 3 aromatic carbocycles. The Bertz CT molecular complexity index is 988. The smallest absolute Gasteiger partial charge is 0.343 e. The largest absolute Gasteiger partial charge is 0.459 e. The molecule has 0 saturated carbocycles. The van der Waals surface area contributed by atoms with Crippen molar-refractivity contribution in [2.24, 2.45) is 0 Å². The first kappa shape index (κ1) is 20.5. The van der Waals surface area contributed by atoms with Gasteiger partial charge in [0.25, 0.3) is 6.47 Å². The fourth-order valence-electron chi connectivity index (χ4n) is 2.52. The lowest BCUT2D eigenvalue weighted by molar-refractivity contribution is -0.127. The van der Waals surface area contributed by atoms with Crippen molar-refractivity contribution in [3.63, 3.8) is 0 Å². The minimum absolute atomic E-state index is 0.00309. The van der Waals surface area contributed by atoms with Crippen LogP contribution in [-0.4, -0.2) is 30.8 Å². The second-order valence-electron chi connectivity index (χ2n) is 6.03. The maximum Gasteiger partial charge on any atom is 0.343 e. The number of benzene rings is 3. The highest BCUT2D eigenvalue weighted by molar-refractivity contribution is 5.99. The lowest BCUT2D eigenvalue weighted by atomic mass is 10.1. The van der Waals surface area contributed by atoms with Crippen LogP contribution in [0.1, 0.15) is 31.1 Å². The summed E-state index contributed by atoms with van der Waals surface area (Å²) in [5.74, 6) is -1.86. The SMILES string of the molecule is O=COCC(=O)c1cc(OC(=O)c2ccccc2)cc(OC(=O)c2ccccc2)c1. The molecule has 0 amide bonds. The second-order valence-corrected chi connectivity index (χ2v) is 6.03. The number of ketones is 1. The van der Waals surface area contributed by atoms with Gasteiger partial charge in [0.05, 0.1) is 11.1 Å². The van der Waals surface area contributed by atoms with Crippen molar-refractivity contribution >= 4 is 24.2 Å². The molecule has 30 heavy (non-hydrogen) atoms. The molecule has 0 aliphatic heterocycles. The summed E-state index contributed by atoms with van der Waals surface area (Å²) in [6, 6.07) is 20.5. The minimum Gasteiger partial charge on any atom is -0.459 e. The maximum absolute atomic E-state index is 12.3. The van der Waals surface area contributed by atoms with Crippen LogP contribution in [0.2, 0.25) is 0 Å². The molecule has 7 nitrogen and oxygen atoms in total. The van der Waals surface area contributed by atoms with Gasteiger partial charge in [-0.25, -0.2) is 9.59 Å². The molecule has 0 saturated heterocycles. The Hall–Kier alpha value is -4.26. The molecule has 0 radical (unpaired) electrons. The zero-order valence-electron chi connectivity index (χ0n) is 15.6. The summed E-state index contributed by atoms with van der Waals surface area (Å²) in [7, 11) is 0. The lowest BCUT2D eigenvalue weighted by Gasteiger charge is -2.10. The van der Waals surface area contributed by atoms with Crippen LogP contribution >= 0.6 is 0 Å². The molecule has 3 aromatic rings. The molecule has 0 spiro atoms. The quantitative estimate of drug-likeness (QED) is 0.245. The van der Waals surface area contributed by atoms with Crippen LogP contribution in [0, 0.1) is 0 Å². The van der Waals surface area contributed by atoms with Gasteiger partial charge in [0.2, 0.25) is 5.78 Å². The van der Waals surface area contributed by atoms with Crippen molar-refractivity contribution in [3.8, 4) is 11.5 Å². The van der Waals surface area contributed by atoms with Crippen LogP contribution in [-0.2, 0) is 9.53 Å². The van der Waals surface area contributed by atoms with E-state index in [1.807, 2.05) is 0 Å². The summed E-state index contributed by atoms with van der Waals surface area (Å²) in [5.41, 5.74) is 0.661. The first-order valence-corrected chi connectivity index (χ1v) is 8.85. The van der Waals surface area contributed by atoms with Crippen molar-refractivity contribution in [3.05, 3.63) is 95.6 Å². The van der Waals surface area contributed by atoms with Crippen molar-refractivity contribution in [1.29, 1.82) is 0 Å². The molecular weight excluding hydrogens is 388 g/mol. The molecule has 0 heterocycles. The molecule has 3 rings (SSSR count). The van der Waals surface area contributed by atoms with Gasteiger partial charge in [-0.2, -0.15) is 0 Å². The number of ether oxygens (including phenoxy) is 3. The van der Waals surface area contributed by atoms with Gasteiger partial charge >= 0.3 is 11.9 Å². The number of hydrogen-bond donors (Lipinski definition) is 0. The molecule has 0 atom stereocenters. The number of carbonyl (C=O) groups excluding carboxylic acids is 4. The van der Waals surface area contributed by atoms with E-state index in [0.29, 0.717) is 11.1 Å². The third kappa shape index (κ3) is 5.39. The highest BCUT2D eigenvalue weighted by Crippen LogP contribution is 2.25. The summed E-state index contributed by atoms with van der Waals surface area (Å²) < 4.78 is 15.1. The molecule has 0 aliphatic rings. The molecular formula is C23H16O7.